The van der Waals surface area contributed by atoms with Crippen molar-refractivity contribution < 1.29 is 23.8 Å². The molecule has 0 aromatic heterocycles. The van der Waals surface area contributed by atoms with Crippen molar-refractivity contribution in [2.75, 3.05) is 19.5 Å². The highest BCUT2D eigenvalue weighted by atomic mass is 16.5. The Labute approximate surface area is 177 Å². The van der Waals surface area contributed by atoms with Crippen LogP contribution in [0, 0.1) is 0 Å². The summed E-state index contributed by atoms with van der Waals surface area (Å²) in [4.78, 5) is 24.7. The van der Waals surface area contributed by atoms with Crippen molar-refractivity contribution in [2.24, 2.45) is 0 Å². The molecule has 30 heavy (non-hydrogen) atoms. The molecule has 2 aromatic carbocycles. The number of carbonyl (C=O) groups is 2. The first kappa shape index (κ1) is 23.0. The van der Waals surface area contributed by atoms with E-state index in [-0.39, 0.29) is 5.91 Å². The lowest BCUT2D eigenvalue weighted by Gasteiger charge is -2.17. The van der Waals surface area contributed by atoms with Crippen molar-refractivity contribution in [3.8, 4) is 11.5 Å². The normalized spacial score (nSPS) is 12.8. The van der Waals surface area contributed by atoms with Crippen LogP contribution in [0.3, 0.4) is 0 Å². The van der Waals surface area contributed by atoms with Gasteiger partial charge in [0, 0.05) is 17.3 Å². The summed E-state index contributed by atoms with van der Waals surface area (Å²) in [7, 11) is 3.10. The molecule has 0 saturated heterocycles. The minimum atomic E-state index is -0.945. The molecule has 0 saturated carbocycles. The summed E-state index contributed by atoms with van der Waals surface area (Å²) in [5, 5.41) is 2.86. The van der Waals surface area contributed by atoms with E-state index in [1.54, 1.807) is 45.4 Å². The van der Waals surface area contributed by atoms with Crippen molar-refractivity contribution in [3.63, 3.8) is 0 Å². The number of benzene rings is 2. The molecule has 0 aliphatic rings. The van der Waals surface area contributed by atoms with Gasteiger partial charge in [0.05, 0.1) is 14.2 Å². The Morgan fingerprint density at radius 1 is 1.07 bits per heavy atom. The van der Waals surface area contributed by atoms with E-state index in [4.69, 9.17) is 14.2 Å². The summed E-state index contributed by atoms with van der Waals surface area (Å²) in [6, 6.07) is 12.9. The summed E-state index contributed by atoms with van der Waals surface area (Å²) in [5.74, 6) is 0.521. The van der Waals surface area contributed by atoms with Crippen LogP contribution in [0.2, 0.25) is 0 Å². The average Bonchev–Trinajstić information content (AvgIpc) is 2.77. The molecule has 0 bridgehead atoms. The third kappa shape index (κ3) is 6.11. The molecule has 2 aromatic rings. The first-order chi connectivity index (χ1) is 14.4. The van der Waals surface area contributed by atoms with E-state index >= 15 is 0 Å². The van der Waals surface area contributed by atoms with Crippen LogP contribution in [0.25, 0.3) is 6.08 Å². The lowest BCUT2D eigenvalue weighted by Crippen LogP contribution is -2.29. The zero-order valence-corrected chi connectivity index (χ0v) is 18.1. The van der Waals surface area contributed by atoms with Crippen molar-refractivity contribution in [2.45, 2.75) is 39.2 Å². The van der Waals surface area contributed by atoms with E-state index in [0.717, 1.165) is 17.7 Å². The number of nitrogens with one attached hydrogen (secondary N) is 1. The fraction of sp³-hybridized carbons (Fsp3) is 0.333. The van der Waals surface area contributed by atoms with Gasteiger partial charge in [0.25, 0.3) is 5.91 Å². The fourth-order valence-corrected chi connectivity index (χ4v) is 2.89. The number of amides is 1. The molecule has 2 rings (SSSR count). The van der Waals surface area contributed by atoms with Crippen LogP contribution < -0.4 is 14.8 Å². The molecule has 0 heterocycles. The molecule has 0 aliphatic heterocycles. The zero-order valence-electron chi connectivity index (χ0n) is 18.1. The zero-order chi connectivity index (χ0) is 22.1. The van der Waals surface area contributed by atoms with Crippen LogP contribution in [-0.2, 0) is 14.3 Å². The Hall–Kier alpha value is -3.28. The molecule has 0 radical (unpaired) electrons. The molecule has 1 N–H and O–H groups in total. The van der Waals surface area contributed by atoms with Crippen LogP contribution in [0.4, 0.5) is 5.69 Å². The number of esters is 1. The van der Waals surface area contributed by atoms with Gasteiger partial charge in [-0.1, -0.05) is 32.0 Å². The first-order valence-electron chi connectivity index (χ1n) is 9.90. The minimum absolute atomic E-state index is 0.306. The monoisotopic (exact) mass is 411 g/mol. The average molecular weight is 411 g/mol. The molecular weight excluding hydrogens is 382 g/mol. The number of hydrogen-bond acceptors (Lipinski definition) is 5. The summed E-state index contributed by atoms with van der Waals surface area (Å²) in [6.45, 7) is 5.74. The van der Waals surface area contributed by atoms with Crippen LogP contribution in [0.1, 0.15) is 44.2 Å². The van der Waals surface area contributed by atoms with E-state index < -0.39 is 12.1 Å². The minimum Gasteiger partial charge on any atom is -0.497 e. The highest BCUT2D eigenvalue weighted by molar-refractivity contribution is 5.97. The van der Waals surface area contributed by atoms with Gasteiger partial charge >= 0.3 is 5.97 Å². The number of carbonyl (C=O) groups excluding carboxylic acids is 2. The molecule has 1 amide bonds. The molecule has 2 atom stereocenters. The maximum atomic E-state index is 12.5. The van der Waals surface area contributed by atoms with Gasteiger partial charge in [-0.05, 0) is 55.2 Å². The second kappa shape index (κ2) is 11.0. The fourth-order valence-electron chi connectivity index (χ4n) is 2.89. The Kier molecular flexibility index (Phi) is 8.47. The SMILES string of the molecule is CC[C@@H](C)c1ccccc1NC(=O)[C@@H](C)OC(=O)/C=C/c1cc(OC)ccc1OC. The van der Waals surface area contributed by atoms with Crippen molar-refractivity contribution >= 4 is 23.6 Å². The van der Waals surface area contributed by atoms with Gasteiger partial charge in [-0.25, -0.2) is 4.79 Å². The Morgan fingerprint density at radius 2 is 1.80 bits per heavy atom. The largest absolute Gasteiger partial charge is 0.497 e. The number of anilines is 1. The number of ether oxygens (including phenoxy) is 3. The van der Waals surface area contributed by atoms with Crippen LogP contribution in [-0.4, -0.2) is 32.2 Å². The second-order valence-electron chi connectivity index (χ2n) is 6.91. The Morgan fingerprint density at radius 3 is 2.47 bits per heavy atom. The maximum absolute atomic E-state index is 12.5. The van der Waals surface area contributed by atoms with E-state index in [1.165, 1.54) is 6.08 Å². The van der Waals surface area contributed by atoms with Gasteiger partial charge < -0.3 is 19.5 Å². The third-order valence-electron chi connectivity index (χ3n) is 4.86. The molecule has 6 heteroatoms. The van der Waals surface area contributed by atoms with Gasteiger partial charge in [-0.2, -0.15) is 0 Å². The van der Waals surface area contributed by atoms with E-state index in [2.05, 4.69) is 19.2 Å². The maximum Gasteiger partial charge on any atom is 0.331 e. The molecule has 0 spiro atoms. The lowest BCUT2D eigenvalue weighted by molar-refractivity contribution is -0.148. The summed E-state index contributed by atoms with van der Waals surface area (Å²) in [6.07, 6.45) is 2.83. The van der Waals surface area contributed by atoms with E-state index in [1.807, 2.05) is 24.3 Å². The van der Waals surface area contributed by atoms with Gasteiger partial charge in [0.1, 0.15) is 11.5 Å². The van der Waals surface area contributed by atoms with Crippen LogP contribution >= 0.6 is 0 Å². The van der Waals surface area contributed by atoms with Gasteiger partial charge in [-0.3, -0.25) is 4.79 Å². The molecule has 6 nitrogen and oxygen atoms in total. The molecule has 0 aliphatic carbocycles. The number of para-hydroxylation sites is 1. The smallest absolute Gasteiger partial charge is 0.331 e. The van der Waals surface area contributed by atoms with Gasteiger partial charge in [0.15, 0.2) is 6.10 Å². The van der Waals surface area contributed by atoms with Crippen LogP contribution in [0.15, 0.2) is 48.5 Å². The van der Waals surface area contributed by atoms with E-state index in [9.17, 15) is 9.59 Å². The first-order valence-corrected chi connectivity index (χ1v) is 9.90. The number of methoxy groups -OCH3 is 2. The summed E-state index contributed by atoms with van der Waals surface area (Å²) in [5.41, 5.74) is 2.45. The van der Waals surface area contributed by atoms with Crippen molar-refractivity contribution in [1.82, 2.24) is 0 Å². The highest BCUT2D eigenvalue weighted by Crippen LogP contribution is 2.27. The molecule has 0 unspecified atom stereocenters. The molecule has 160 valence electrons. The summed E-state index contributed by atoms with van der Waals surface area (Å²) >= 11 is 0. The standard InChI is InChI=1S/C24H29NO5/c1-6-16(2)20-9-7-8-10-21(20)25-24(27)17(3)30-23(26)14-11-18-15-19(28-4)12-13-22(18)29-5/h7-17H,6H2,1-5H3,(H,25,27)/b14-11+/t16-,17-/m1/s1. The number of hydrogen-bond donors (Lipinski definition) is 1. The second-order valence-corrected chi connectivity index (χ2v) is 6.91. The highest BCUT2D eigenvalue weighted by Gasteiger charge is 2.19. The van der Waals surface area contributed by atoms with Crippen molar-refractivity contribution in [3.05, 3.63) is 59.7 Å². The Bertz CT molecular complexity index is 906. The van der Waals surface area contributed by atoms with Gasteiger partial charge in [-0.15, -0.1) is 0 Å². The van der Waals surface area contributed by atoms with Gasteiger partial charge in [0.2, 0.25) is 0 Å². The van der Waals surface area contributed by atoms with Crippen LogP contribution in [0.5, 0.6) is 11.5 Å². The topological polar surface area (TPSA) is 73.9 Å². The predicted molar refractivity (Wildman–Crippen MR) is 118 cm³/mol. The lowest BCUT2D eigenvalue weighted by atomic mass is 9.97. The number of rotatable bonds is 9. The molecular formula is C24H29NO5. The third-order valence-corrected chi connectivity index (χ3v) is 4.86. The summed E-state index contributed by atoms with van der Waals surface area (Å²) < 4.78 is 15.7. The van der Waals surface area contributed by atoms with E-state index in [0.29, 0.717) is 23.0 Å². The Balaban J connectivity index is 2.03. The predicted octanol–water partition coefficient (Wildman–Crippen LogP) is 4.80. The van der Waals surface area contributed by atoms with Crippen molar-refractivity contribution in [1.29, 1.82) is 0 Å². The quantitative estimate of drug-likeness (QED) is 0.474. The molecule has 0 fully saturated rings.